The second-order valence-electron chi connectivity index (χ2n) is 11.1. The molecule has 2 unspecified atom stereocenters. The number of benzene rings is 1. The van der Waals surface area contributed by atoms with Gasteiger partial charge >= 0.3 is 0 Å². The van der Waals surface area contributed by atoms with Crippen LogP contribution >= 0.6 is 0 Å². The maximum atomic E-state index is 14.1. The van der Waals surface area contributed by atoms with Gasteiger partial charge in [-0.3, -0.25) is 14.4 Å². The molecule has 3 amide bonds. The molecule has 2 bridgehead atoms. The van der Waals surface area contributed by atoms with Gasteiger partial charge in [0.15, 0.2) is 0 Å². The number of rotatable bonds is 12. The maximum Gasteiger partial charge on any atom is 0.250 e. The summed E-state index contributed by atoms with van der Waals surface area (Å²) in [6.07, 6.45) is 5.85. The third kappa shape index (κ3) is 4.78. The Morgan fingerprint density at radius 1 is 1.11 bits per heavy atom. The number of amides is 3. The van der Waals surface area contributed by atoms with Gasteiger partial charge in [0.05, 0.1) is 17.4 Å². The predicted octanol–water partition coefficient (Wildman–Crippen LogP) is 3.48. The Morgan fingerprint density at radius 3 is 2.57 bits per heavy atom. The van der Waals surface area contributed by atoms with Crippen molar-refractivity contribution in [2.75, 3.05) is 25.0 Å². The number of ether oxygens (including phenoxy) is 1. The molecule has 0 aliphatic carbocycles. The summed E-state index contributed by atoms with van der Waals surface area (Å²) in [5, 5.41) is 15.2. The molecule has 0 radical (unpaired) electrons. The fourth-order valence-electron chi connectivity index (χ4n) is 6.83. The first-order valence-electron chi connectivity index (χ1n) is 14.0. The molecule has 1 spiro atoms. The molecular formula is C29H43N3O5. The Balaban J connectivity index is 1.68. The largest absolute Gasteiger partial charge is 0.396 e. The summed E-state index contributed by atoms with van der Waals surface area (Å²) >= 11 is 0. The van der Waals surface area contributed by atoms with E-state index in [4.69, 9.17) is 9.84 Å². The first-order valence-corrected chi connectivity index (χ1v) is 14.0. The summed E-state index contributed by atoms with van der Waals surface area (Å²) in [4.78, 5) is 43.2. The summed E-state index contributed by atoms with van der Waals surface area (Å²) in [5.74, 6) is -1.79. The second-order valence-corrected chi connectivity index (χ2v) is 11.1. The SMILES string of the molecule is CCCNC(=O)[C@@H]1[C@H]2C(=O)N(CCCCCCO)C(C(=O)Nc3cc(C)ccc3C)C23CC[C@@]1(CC)O3. The molecule has 8 nitrogen and oxygen atoms in total. The number of aliphatic hydroxyl groups excluding tert-OH is 1. The molecule has 1 aromatic carbocycles. The Labute approximate surface area is 220 Å². The van der Waals surface area contributed by atoms with Crippen LogP contribution in [0.2, 0.25) is 0 Å². The number of fused-ring (bicyclic) bond motifs is 1. The van der Waals surface area contributed by atoms with Crippen molar-refractivity contribution in [2.45, 2.75) is 96.3 Å². The third-order valence-corrected chi connectivity index (χ3v) is 8.72. The minimum absolute atomic E-state index is 0.137. The van der Waals surface area contributed by atoms with Crippen LogP contribution in [0.3, 0.4) is 0 Å². The summed E-state index contributed by atoms with van der Waals surface area (Å²) in [6, 6.07) is 5.13. The summed E-state index contributed by atoms with van der Waals surface area (Å²) in [6.45, 7) is 9.07. The molecule has 8 heteroatoms. The van der Waals surface area contributed by atoms with Crippen molar-refractivity contribution in [3.05, 3.63) is 29.3 Å². The van der Waals surface area contributed by atoms with Gasteiger partial charge in [0.1, 0.15) is 11.6 Å². The van der Waals surface area contributed by atoms with Gasteiger partial charge in [0.25, 0.3) is 0 Å². The first-order chi connectivity index (χ1) is 17.7. The van der Waals surface area contributed by atoms with Gasteiger partial charge in [-0.15, -0.1) is 0 Å². The van der Waals surface area contributed by atoms with Crippen LogP contribution in [-0.4, -0.2) is 64.7 Å². The Hall–Kier alpha value is -2.45. The molecule has 3 fully saturated rings. The van der Waals surface area contributed by atoms with E-state index in [0.29, 0.717) is 32.4 Å². The normalized spacial score (nSPS) is 30.0. The monoisotopic (exact) mass is 513 g/mol. The van der Waals surface area contributed by atoms with Gasteiger partial charge in [-0.2, -0.15) is 0 Å². The highest BCUT2D eigenvalue weighted by atomic mass is 16.5. The zero-order valence-electron chi connectivity index (χ0n) is 22.8. The van der Waals surface area contributed by atoms with Crippen molar-refractivity contribution < 1.29 is 24.2 Å². The van der Waals surface area contributed by atoms with Crippen LogP contribution in [0.25, 0.3) is 0 Å². The van der Waals surface area contributed by atoms with Gasteiger partial charge in [0, 0.05) is 25.4 Å². The molecular weight excluding hydrogens is 470 g/mol. The molecule has 4 rings (SSSR count). The number of anilines is 1. The first kappa shape index (κ1) is 27.6. The van der Waals surface area contributed by atoms with Crippen molar-refractivity contribution in [3.63, 3.8) is 0 Å². The van der Waals surface area contributed by atoms with Crippen LogP contribution in [0.4, 0.5) is 5.69 Å². The number of aryl methyl sites for hydroxylation is 2. The highest BCUT2D eigenvalue weighted by molar-refractivity contribution is 6.04. The second kappa shape index (κ2) is 11.1. The summed E-state index contributed by atoms with van der Waals surface area (Å²) in [7, 11) is 0. The van der Waals surface area contributed by atoms with E-state index in [0.717, 1.165) is 48.9 Å². The molecule has 5 atom stereocenters. The predicted molar refractivity (Wildman–Crippen MR) is 142 cm³/mol. The minimum Gasteiger partial charge on any atom is -0.396 e. The molecule has 3 saturated heterocycles. The Morgan fingerprint density at radius 2 is 1.86 bits per heavy atom. The van der Waals surface area contributed by atoms with Gasteiger partial charge in [0.2, 0.25) is 17.7 Å². The average Bonchev–Trinajstić information content (AvgIpc) is 3.48. The lowest BCUT2D eigenvalue weighted by Crippen LogP contribution is -2.53. The molecule has 3 N–H and O–H groups in total. The molecule has 1 aromatic rings. The number of carbonyl (C=O) groups excluding carboxylic acids is 3. The van der Waals surface area contributed by atoms with Crippen LogP contribution in [0.15, 0.2) is 18.2 Å². The molecule has 0 aromatic heterocycles. The lowest BCUT2D eigenvalue weighted by molar-refractivity contribution is -0.146. The topological polar surface area (TPSA) is 108 Å². The van der Waals surface area contributed by atoms with Crippen molar-refractivity contribution in [1.82, 2.24) is 10.2 Å². The fraction of sp³-hybridized carbons (Fsp3) is 0.690. The quantitative estimate of drug-likeness (QED) is 0.371. The van der Waals surface area contributed by atoms with Crippen molar-refractivity contribution in [3.8, 4) is 0 Å². The van der Waals surface area contributed by atoms with E-state index in [1.807, 2.05) is 45.9 Å². The van der Waals surface area contributed by atoms with Gasteiger partial charge < -0.3 is 25.4 Å². The standard InChI is InChI=1S/C29H43N3O5/c1-5-15-30-25(34)22-23-27(36)32(16-9-7-8-10-17-33)24(29(23)14-13-28(22,6-2)37-29)26(35)31-21-18-19(3)11-12-20(21)4/h11-12,18,22-24,33H,5-10,13-17H2,1-4H3,(H,30,34)(H,31,35)/t22-,23-,24?,28+,29?/m0/s1. The van der Waals surface area contributed by atoms with E-state index in [1.165, 1.54) is 0 Å². The van der Waals surface area contributed by atoms with Gasteiger partial charge in [-0.05, 0) is 69.6 Å². The molecule has 0 saturated carbocycles. The van der Waals surface area contributed by atoms with E-state index < -0.39 is 29.1 Å². The van der Waals surface area contributed by atoms with E-state index in [2.05, 4.69) is 10.6 Å². The Kier molecular flexibility index (Phi) is 8.29. The van der Waals surface area contributed by atoms with Crippen molar-refractivity contribution in [2.24, 2.45) is 11.8 Å². The maximum absolute atomic E-state index is 14.1. The number of carbonyl (C=O) groups is 3. The smallest absolute Gasteiger partial charge is 0.250 e. The number of unbranched alkanes of at least 4 members (excludes halogenated alkanes) is 3. The van der Waals surface area contributed by atoms with Crippen LogP contribution in [0.1, 0.15) is 76.3 Å². The third-order valence-electron chi connectivity index (χ3n) is 8.72. The van der Waals surface area contributed by atoms with Crippen LogP contribution < -0.4 is 10.6 Å². The highest BCUT2D eigenvalue weighted by Gasteiger charge is 2.78. The number of hydrogen-bond donors (Lipinski definition) is 3. The fourth-order valence-corrected chi connectivity index (χ4v) is 6.83. The van der Waals surface area contributed by atoms with Gasteiger partial charge in [-0.1, -0.05) is 38.8 Å². The molecule has 3 aliphatic heterocycles. The number of aliphatic hydroxyl groups is 1. The van der Waals surface area contributed by atoms with Crippen LogP contribution in [0, 0.1) is 25.7 Å². The molecule has 3 heterocycles. The van der Waals surface area contributed by atoms with Crippen molar-refractivity contribution in [1.29, 1.82) is 0 Å². The number of likely N-dealkylation sites (tertiary alicyclic amines) is 1. The van der Waals surface area contributed by atoms with Crippen molar-refractivity contribution >= 4 is 23.4 Å². The zero-order chi connectivity index (χ0) is 26.8. The van der Waals surface area contributed by atoms with E-state index in [1.54, 1.807) is 4.90 Å². The lowest BCUT2D eigenvalue weighted by atomic mass is 9.65. The number of hydrogen-bond acceptors (Lipinski definition) is 5. The lowest BCUT2D eigenvalue weighted by Gasteiger charge is -2.34. The molecule has 204 valence electrons. The van der Waals surface area contributed by atoms with Crippen LogP contribution in [0.5, 0.6) is 0 Å². The van der Waals surface area contributed by atoms with E-state index in [9.17, 15) is 14.4 Å². The summed E-state index contributed by atoms with van der Waals surface area (Å²) < 4.78 is 6.79. The highest BCUT2D eigenvalue weighted by Crippen LogP contribution is 2.64. The van der Waals surface area contributed by atoms with E-state index in [-0.39, 0.29) is 24.3 Å². The summed E-state index contributed by atoms with van der Waals surface area (Å²) in [5.41, 5.74) is 0.995. The molecule has 3 aliphatic rings. The Bertz CT molecular complexity index is 1030. The van der Waals surface area contributed by atoms with Gasteiger partial charge in [-0.25, -0.2) is 0 Å². The molecule has 37 heavy (non-hydrogen) atoms. The zero-order valence-corrected chi connectivity index (χ0v) is 22.8. The van der Waals surface area contributed by atoms with E-state index >= 15 is 0 Å². The number of nitrogens with one attached hydrogen (secondary N) is 2. The number of nitrogens with zero attached hydrogens (tertiary/aromatic N) is 1. The van der Waals surface area contributed by atoms with Crippen LogP contribution in [-0.2, 0) is 19.1 Å². The minimum atomic E-state index is -1.01. The average molecular weight is 514 g/mol.